The van der Waals surface area contributed by atoms with E-state index in [1.54, 1.807) is 0 Å². The van der Waals surface area contributed by atoms with E-state index in [0.29, 0.717) is 5.56 Å². The van der Waals surface area contributed by atoms with Gasteiger partial charge in [0.2, 0.25) is 0 Å². The maximum absolute atomic E-state index is 12.7. The van der Waals surface area contributed by atoms with Crippen LogP contribution in [0.4, 0.5) is 15.8 Å². The van der Waals surface area contributed by atoms with Gasteiger partial charge in [0, 0.05) is 5.56 Å². The first-order valence-electron chi connectivity index (χ1n) is 3.23. The van der Waals surface area contributed by atoms with Crippen LogP contribution in [-0.4, -0.2) is 4.92 Å². The number of hydrogen-bond acceptors (Lipinski definition) is 3. The second kappa shape index (κ2) is 2.77. The number of halogens is 1. The summed E-state index contributed by atoms with van der Waals surface area (Å²) in [5, 5.41) is 10.4. The first-order valence-corrected chi connectivity index (χ1v) is 3.23. The zero-order valence-corrected chi connectivity index (χ0v) is 6.37. The Bertz CT molecular complexity index is 338. The second-order valence-electron chi connectivity index (χ2n) is 2.38. The van der Waals surface area contributed by atoms with Crippen molar-refractivity contribution in [2.75, 3.05) is 5.73 Å². The predicted octanol–water partition coefficient (Wildman–Crippen LogP) is 1.62. The molecular weight excluding hydrogens is 163 g/mol. The van der Waals surface area contributed by atoms with Crippen LogP contribution in [0.5, 0.6) is 0 Å². The summed E-state index contributed by atoms with van der Waals surface area (Å²) in [5.41, 5.74) is 4.77. The molecule has 0 unspecified atom stereocenters. The molecular formula is C7H7FN2O2. The van der Waals surface area contributed by atoms with Gasteiger partial charge >= 0.3 is 0 Å². The van der Waals surface area contributed by atoms with Crippen molar-refractivity contribution in [2.45, 2.75) is 6.92 Å². The molecule has 64 valence electrons. The summed E-state index contributed by atoms with van der Waals surface area (Å²) < 4.78 is 12.7. The molecule has 0 fully saturated rings. The molecule has 0 heterocycles. The molecule has 0 aliphatic rings. The summed E-state index contributed by atoms with van der Waals surface area (Å²) in [4.78, 5) is 9.67. The molecule has 0 spiro atoms. The molecule has 0 bridgehead atoms. The highest BCUT2D eigenvalue weighted by Gasteiger charge is 2.17. The zero-order valence-electron chi connectivity index (χ0n) is 6.37. The lowest BCUT2D eigenvalue weighted by Crippen LogP contribution is -2.00. The van der Waals surface area contributed by atoms with Crippen LogP contribution in [0, 0.1) is 22.9 Å². The van der Waals surface area contributed by atoms with Crippen molar-refractivity contribution in [1.82, 2.24) is 0 Å². The summed E-state index contributed by atoms with van der Waals surface area (Å²) in [5.74, 6) is -0.757. The number of benzene rings is 1. The van der Waals surface area contributed by atoms with E-state index in [0.717, 1.165) is 6.07 Å². The van der Waals surface area contributed by atoms with Crippen LogP contribution < -0.4 is 5.73 Å². The third-order valence-electron chi connectivity index (χ3n) is 1.55. The van der Waals surface area contributed by atoms with Crippen LogP contribution in [-0.2, 0) is 0 Å². The van der Waals surface area contributed by atoms with Crippen LogP contribution in [0.1, 0.15) is 5.56 Å². The van der Waals surface area contributed by atoms with Gasteiger partial charge in [-0.1, -0.05) is 0 Å². The van der Waals surface area contributed by atoms with Crippen molar-refractivity contribution in [2.24, 2.45) is 0 Å². The predicted molar refractivity (Wildman–Crippen MR) is 42.2 cm³/mol. The Kier molecular flexibility index (Phi) is 1.95. The number of rotatable bonds is 1. The van der Waals surface area contributed by atoms with Gasteiger partial charge in [-0.25, -0.2) is 4.39 Å². The summed E-state index contributed by atoms with van der Waals surface area (Å²) in [7, 11) is 0. The van der Waals surface area contributed by atoms with Gasteiger partial charge < -0.3 is 5.73 Å². The third-order valence-corrected chi connectivity index (χ3v) is 1.55. The monoisotopic (exact) mass is 170 g/mol. The van der Waals surface area contributed by atoms with Crippen LogP contribution in [0.2, 0.25) is 0 Å². The topological polar surface area (TPSA) is 69.2 Å². The van der Waals surface area contributed by atoms with Crippen LogP contribution in [0.15, 0.2) is 12.1 Å². The van der Waals surface area contributed by atoms with Crippen molar-refractivity contribution >= 4 is 11.4 Å². The van der Waals surface area contributed by atoms with Crippen LogP contribution in [0.3, 0.4) is 0 Å². The lowest BCUT2D eigenvalue weighted by Gasteiger charge is -2.00. The molecule has 1 rings (SSSR count). The molecule has 0 aromatic heterocycles. The molecule has 5 heteroatoms. The average molecular weight is 170 g/mol. The zero-order chi connectivity index (χ0) is 9.30. The molecule has 2 N–H and O–H groups in total. The third kappa shape index (κ3) is 1.20. The van der Waals surface area contributed by atoms with Gasteiger partial charge in [0.25, 0.3) is 5.69 Å². The highest BCUT2D eigenvalue weighted by Crippen LogP contribution is 2.27. The smallest absolute Gasteiger partial charge is 0.298 e. The minimum absolute atomic E-state index is 0.352. The molecule has 0 amide bonds. The maximum atomic E-state index is 12.7. The average Bonchev–Trinajstić information content (AvgIpc) is 1.97. The van der Waals surface area contributed by atoms with E-state index in [1.807, 2.05) is 0 Å². The highest BCUT2D eigenvalue weighted by molar-refractivity contribution is 5.62. The van der Waals surface area contributed by atoms with Gasteiger partial charge in [-0.15, -0.1) is 0 Å². The van der Waals surface area contributed by atoms with Crippen molar-refractivity contribution < 1.29 is 9.31 Å². The lowest BCUT2D eigenvalue weighted by molar-refractivity contribution is -0.384. The van der Waals surface area contributed by atoms with E-state index in [9.17, 15) is 14.5 Å². The van der Waals surface area contributed by atoms with Gasteiger partial charge in [0.1, 0.15) is 5.69 Å². The minimum Gasteiger partial charge on any atom is -0.391 e. The van der Waals surface area contributed by atoms with Crippen LogP contribution >= 0.6 is 0 Å². The summed E-state index contributed by atoms with van der Waals surface area (Å²) in [6, 6.07) is 2.43. The van der Waals surface area contributed by atoms with Gasteiger partial charge in [-0.2, -0.15) is 0 Å². The quantitative estimate of drug-likeness (QED) is 0.395. The molecule has 1 aromatic rings. The molecule has 0 aliphatic heterocycles. The molecule has 0 atom stereocenters. The first kappa shape index (κ1) is 8.45. The SMILES string of the molecule is Cc1ccc(F)c(N)c1[N+](=O)[O-]. The maximum Gasteiger partial charge on any atom is 0.298 e. The number of nitro groups is 1. The Morgan fingerprint density at radius 3 is 2.58 bits per heavy atom. The largest absolute Gasteiger partial charge is 0.391 e. The summed E-state index contributed by atoms with van der Waals surface area (Å²) >= 11 is 0. The molecule has 1 aromatic carbocycles. The number of nitrogens with two attached hydrogens (primary N) is 1. The molecule has 0 aliphatic carbocycles. The summed E-state index contributed by atoms with van der Waals surface area (Å²) in [6.45, 7) is 1.51. The number of nitrogens with zero attached hydrogens (tertiary/aromatic N) is 1. The highest BCUT2D eigenvalue weighted by atomic mass is 19.1. The van der Waals surface area contributed by atoms with Crippen molar-refractivity contribution in [3.8, 4) is 0 Å². The summed E-state index contributed by atoms with van der Waals surface area (Å²) in [6.07, 6.45) is 0. The van der Waals surface area contributed by atoms with Gasteiger partial charge in [0.15, 0.2) is 5.82 Å². The van der Waals surface area contributed by atoms with E-state index in [2.05, 4.69) is 0 Å². The van der Waals surface area contributed by atoms with E-state index < -0.39 is 16.4 Å². The Hall–Kier alpha value is -1.65. The normalized spacial score (nSPS) is 9.83. The van der Waals surface area contributed by atoms with E-state index >= 15 is 0 Å². The molecule has 0 saturated carbocycles. The number of anilines is 1. The molecule has 12 heavy (non-hydrogen) atoms. The Morgan fingerprint density at radius 2 is 2.17 bits per heavy atom. The van der Waals surface area contributed by atoms with Gasteiger partial charge in [-0.3, -0.25) is 10.1 Å². The Morgan fingerprint density at radius 1 is 1.58 bits per heavy atom. The van der Waals surface area contributed by atoms with E-state index in [4.69, 9.17) is 5.73 Å². The van der Waals surface area contributed by atoms with Gasteiger partial charge in [-0.05, 0) is 19.1 Å². The fraction of sp³-hybridized carbons (Fsp3) is 0.143. The standard InChI is InChI=1S/C7H7FN2O2/c1-4-2-3-5(8)6(9)7(4)10(11)12/h2-3H,9H2,1H3. The van der Waals surface area contributed by atoms with Crippen molar-refractivity contribution in [3.63, 3.8) is 0 Å². The molecule has 4 nitrogen and oxygen atoms in total. The molecule has 0 saturated heterocycles. The van der Waals surface area contributed by atoms with Gasteiger partial charge in [0.05, 0.1) is 4.92 Å². The Balaban J connectivity index is 3.43. The number of nitro benzene ring substituents is 1. The van der Waals surface area contributed by atoms with Crippen LogP contribution in [0.25, 0.3) is 0 Å². The van der Waals surface area contributed by atoms with E-state index in [1.165, 1.54) is 13.0 Å². The number of hydrogen-bond donors (Lipinski definition) is 1. The van der Waals surface area contributed by atoms with Crippen molar-refractivity contribution in [3.05, 3.63) is 33.6 Å². The molecule has 0 radical (unpaired) electrons. The second-order valence-corrected chi connectivity index (χ2v) is 2.38. The van der Waals surface area contributed by atoms with Crippen molar-refractivity contribution in [1.29, 1.82) is 0 Å². The fourth-order valence-corrected chi connectivity index (χ4v) is 0.935. The Labute approximate surface area is 68.0 Å². The lowest BCUT2D eigenvalue weighted by atomic mass is 10.1. The number of nitrogen functional groups attached to an aromatic ring is 1. The number of aryl methyl sites for hydroxylation is 1. The fourth-order valence-electron chi connectivity index (χ4n) is 0.935. The first-order chi connectivity index (χ1) is 5.54. The van der Waals surface area contributed by atoms with E-state index in [-0.39, 0.29) is 5.69 Å². The minimum atomic E-state index is -0.757.